The Labute approximate surface area is 186 Å². The zero-order chi connectivity index (χ0) is 22.4. The van der Waals surface area contributed by atoms with E-state index in [1.165, 1.54) is 35.4 Å². The van der Waals surface area contributed by atoms with Gasteiger partial charge in [0.15, 0.2) is 16.7 Å². The second-order valence-electron chi connectivity index (χ2n) is 7.35. The molecule has 0 bridgehead atoms. The summed E-state index contributed by atoms with van der Waals surface area (Å²) in [7, 11) is 0. The third-order valence-electron chi connectivity index (χ3n) is 5.45. The standard InChI is InChI=1S/C24H17FN2O4S/c1-2-13-5-7-14(8-6-13)20-19(21(28)17-4-3-11-31-17)22(29)23(30)27(20)24-26-16-10-9-15(25)12-18(16)32-24/h3-12,20,29H,2H2,1H3. The maximum Gasteiger partial charge on any atom is 0.296 e. The number of anilines is 1. The van der Waals surface area contributed by atoms with Crippen molar-refractivity contribution < 1.29 is 23.5 Å². The van der Waals surface area contributed by atoms with E-state index < -0.39 is 29.3 Å². The van der Waals surface area contributed by atoms with Crippen LogP contribution < -0.4 is 4.90 Å². The molecule has 0 saturated carbocycles. The molecule has 1 aliphatic rings. The summed E-state index contributed by atoms with van der Waals surface area (Å²) in [5.41, 5.74) is 2.16. The molecule has 8 heteroatoms. The summed E-state index contributed by atoms with van der Waals surface area (Å²) >= 11 is 1.11. The monoisotopic (exact) mass is 448 g/mol. The van der Waals surface area contributed by atoms with Crippen molar-refractivity contribution in [2.75, 3.05) is 4.90 Å². The van der Waals surface area contributed by atoms with Crippen molar-refractivity contribution in [2.24, 2.45) is 0 Å². The Morgan fingerprint density at radius 3 is 2.69 bits per heavy atom. The molecule has 1 N–H and O–H groups in total. The molecule has 0 radical (unpaired) electrons. The highest BCUT2D eigenvalue weighted by atomic mass is 32.1. The van der Waals surface area contributed by atoms with Crippen LogP contribution in [-0.4, -0.2) is 21.8 Å². The Balaban J connectivity index is 1.67. The number of Topliss-reactive ketones (excluding diaryl/α,β-unsaturated/α-hetero) is 1. The molecule has 0 aliphatic carbocycles. The Morgan fingerprint density at radius 1 is 1.22 bits per heavy atom. The highest BCUT2D eigenvalue weighted by molar-refractivity contribution is 7.22. The number of hydrogen-bond donors (Lipinski definition) is 1. The minimum absolute atomic E-state index is 0.0164. The van der Waals surface area contributed by atoms with Crippen LogP contribution in [0.1, 0.15) is 34.6 Å². The molecule has 160 valence electrons. The SMILES string of the molecule is CCc1ccc(C2C(C(=O)c3ccco3)=C(O)C(=O)N2c2nc3ccc(F)cc3s2)cc1. The molecule has 3 heterocycles. The molecule has 0 saturated heterocycles. The number of halogens is 1. The number of aromatic nitrogens is 1. The Bertz CT molecular complexity index is 1370. The smallest absolute Gasteiger partial charge is 0.296 e. The number of aliphatic hydroxyl groups excluding tert-OH is 1. The fourth-order valence-corrected chi connectivity index (χ4v) is 4.83. The van der Waals surface area contributed by atoms with Crippen LogP contribution in [0.2, 0.25) is 0 Å². The first-order chi connectivity index (χ1) is 15.5. The number of carbonyl (C=O) groups is 2. The largest absolute Gasteiger partial charge is 0.503 e. The third-order valence-corrected chi connectivity index (χ3v) is 6.46. The summed E-state index contributed by atoms with van der Waals surface area (Å²) in [5.74, 6) is -2.38. The first kappa shape index (κ1) is 20.1. The Morgan fingerprint density at radius 2 is 2.00 bits per heavy atom. The number of hydrogen-bond acceptors (Lipinski definition) is 6. The first-order valence-electron chi connectivity index (χ1n) is 9.97. The van der Waals surface area contributed by atoms with E-state index in [-0.39, 0.29) is 16.5 Å². The number of rotatable bonds is 5. The summed E-state index contributed by atoms with van der Waals surface area (Å²) in [6.07, 6.45) is 2.18. The van der Waals surface area contributed by atoms with Gasteiger partial charge in [-0.3, -0.25) is 14.5 Å². The van der Waals surface area contributed by atoms with Crippen LogP contribution in [0.5, 0.6) is 0 Å². The molecular weight excluding hydrogens is 431 g/mol. The van der Waals surface area contributed by atoms with Crippen LogP contribution in [0.25, 0.3) is 10.2 Å². The number of amides is 1. The van der Waals surface area contributed by atoms with Crippen LogP contribution in [-0.2, 0) is 11.2 Å². The molecule has 0 spiro atoms. The van der Waals surface area contributed by atoms with Gasteiger partial charge in [-0.05, 0) is 47.9 Å². The van der Waals surface area contributed by atoms with Gasteiger partial charge in [0.1, 0.15) is 5.82 Å². The van der Waals surface area contributed by atoms with Gasteiger partial charge in [0.25, 0.3) is 5.91 Å². The zero-order valence-electron chi connectivity index (χ0n) is 16.9. The van der Waals surface area contributed by atoms with Crippen molar-refractivity contribution in [1.29, 1.82) is 0 Å². The average molecular weight is 448 g/mol. The molecule has 5 rings (SSSR count). The van der Waals surface area contributed by atoms with Crippen molar-refractivity contribution in [3.05, 3.63) is 94.9 Å². The van der Waals surface area contributed by atoms with E-state index >= 15 is 0 Å². The van der Waals surface area contributed by atoms with Crippen LogP contribution in [0.3, 0.4) is 0 Å². The number of benzene rings is 2. The molecule has 2 aromatic carbocycles. The molecule has 0 fully saturated rings. The average Bonchev–Trinajstić information content (AvgIpc) is 3.52. The molecule has 4 aromatic rings. The fraction of sp³-hybridized carbons (Fsp3) is 0.125. The van der Waals surface area contributed by atoms with Gasteiger partial charge >= 0.3 is 0 Å². The van der Waals surface area contributed by atoms with Gasteiger partial charge in [0, 0.05) is 0 Å². The maximum absolute atomic E-state index is 13.7. The minimum atomic E-state index is -0.906. The fourth-order valence-electron chi connectivity index (χ4n) is 3.82. The van der Waals surface area contributed by atoms with E-state index in [4.69, 9.17) is 4.42 Å². The van der Waals surface area contributed by atoms with Gasteiger partial charge < -0.3 is 9.52 Å². The van der Waals surface area contributed by atoms with Crippen molar-refractivity contribution in [3.63, 3.8) is 0 Å². The Hall–Kier alpha value is -3.78. The summed E-state index contributed by atoms with van der Waals surface area (Å²) in [5, 5.41) is 11.0. The number of carbonyl (C=O) groups excluding carboxylic acids is 2. The van der Waals surface area contributed by atoms with E-state index in [0.717, 1.165) is 23.3 Å². The van der Waals surface area contributed by atoms with Gasteiger partial charge in [-0.25, -0.2) is 9.37 Å². The molecule has 2 aromatic heterocycles. The summed E-state index contributed by atoms with van der Waals surface area (Å²) in [6.45, 7) is 2.03. The van der Waals surface area contributed by atoms with Crippen LogP contribution in [0.4, 0.5) is 9.52 Å². The normalized spacial score (nSPS) is 16.4. The lowest BCUT2D eigenvalue weighted by Gasteiger charge is -2.24. The second-order valence-corrected chi connectivity index (χ2v) is 8.36. The number of furan rings is 1. The number of fused-ring (bicyclic) bond motifs is 1. The van der Waals surface area contributed by atoms with E-state index in [9.17, 15) is 19.1 Å². The van der Waals surface area contributed by atoms with E-state index in [1.807, 2.05) is 31.2 Å². The lowest BCUT2D eigenvalue weighted by molar-refractivity contribution is -0.117. The number of ketones is 1. The minimum Gasteiger partial charge on any atom is -0.503 e. The van der Waals surface area contributed by atoms with Crippen LogP contribution in [0, 0.1) is 5.82 Å². The third kappa shape index (κ3) is 3.20. The summed E-state index contributed by atoms with van der Waals surface area (Å²) < 4.78 is 19.5. The van der Waals surface area contributed by atoms with Crippen molar-refractivity contribution in [3.8, 4) is 0 Å². The lowest BCUT2D eigenvalue weighted by atomic mass is 9.94. The zero-order valence-corrected chi connectivity index (χ0v) is 17.7. The van der Waals surface area contributed by atoms with Crippen molar-refractivity contribution in [1.82, 2.24) is 4.98 Å². The van der Waals surface area contributed by atoms with Gasteiger partial charge in [-0.15, -0.1) is 0 Å². The number of nitrogens with zero attached hydrogens (tertiary/aromatic N) is 2. The summed E-state index contributed by atoms with van der Waals surface area (Å²) in [4.78, 5) is 32.1. The van der Waals surface area contributed by atoms with Gasteiger partial charge in [0.2, 0.25) is 5.78 Å². The molecule has 6 nitrogen and oxygen atoms in total. The molecule has 1 amide bonds. The highest BCUT2D eigenvalue weighted by Crippen LogP contribution is 2.44. The topological polar surface area (TPSA) is 83.6 Å². The van der Waals surface area contributed by atoms with E-state index in [0.29, 0.717) is 15.8 Å². The van der Waals surface area contributed by atoms with Gasteiger partial charge in [-0.2, -0.15) is 0 Å². The van der Waals surface area contributed by atoms with Crippen LogP contribution in [0.15, 0.2) is 76.6 Å². The van der Waals surface area contributed by atoms with E-state index in [2.05, 4.69) is 4.98 Å². The lowest BCUT2D eigenvalue weighted by Crippen LogP contribution is -2.30. The predicted molar refractivity (Wildman–Crippen MR) is 118 cm³/mol. The van der Waals surface area contributed by atoms with Crippen molar-refractivity contribution >= 4 is 38.4 Å². The van der Waals surface area contributed by atoms with Crippen LogP contribution >= 0.6 is 11.3 Å². The molecule has 1 unspecified atom stereocenters. The molecule has 1 aliphatic heterocycles. The number of aliphatic hydroxyl groups is 1. The quantitative estimate of drug-likeness (QED) is 0.415. The van der Waals surface area contributed by atoms with E-state index in [1.54, 1.807) is 6.07 Å². The predicted octanol–water partition coefficient (Wildman–Crippen LogP) is 5.37. The second kappa shape index (κ2) is 7.72. The first-order valence-corrected chi connectivity index (χ1v) is 10.8. The van der Waals surface area contributed by atoms with Gasteiger partial charge in [0.05, 0.1) is 28.1 Å². The molecule has 1 atom stereocenters. The molecule has 32 heavy (non-hydrogen) atoms. The number of thiazole rings is 1. The summed E-state index contributed by atoms with van der Waals surface area (Å²) in [6, 6.07) is 13.8. The molecular formula is C24H17FN2O4S. The number of aryl methyl sites for hydroxylation is 1. The Kier molecular flexibility index (Phi) is 4.86. The maximum atomic E-state index is 13.7. The van der Waals surface area contributed by atoms with Gasteiger partial charge in [-0.1, -0.05) is 42.5 Å². The highest BCUT2D eigenvalue weighted by Gasteiger charge is 2.46. The van der Waals surface area contributed by atoms with Crippen molar-refractivity contribution in [2.45, 2.75) is 19.4 Å².